The Morgan fingerprint density at radius 1 is 1.26 bits per heavy atom. The molecule has 0 unspecified atom stereocenters. The summed E-state index contributed by atoms with van der Waals surface area (Å²) in [7, 11) is 0. The molecule has 1 aromatic carbocycles. The molecule has 0 bridgehead atoms. The van der Waals surface area contributed by atoms with Crippen LogP contribution in [0.5, 0.6) is 0 Å². The van der Waals surface area contributed by atoms with Crippen molar-refractivity contribution in [2.24, 2.45) is 5.92 Å². The highest BCUT2D eigenvalue weighted by molar-refractivity contribution is 5.29. The van der Waals surface area contributed by atoms with Crippen LogP contribution in [0.15, 0.2) is 60.2 Å². The molecule has 0 aromatic heterocycles. The van der Waals surface area contributed by atoms with Crippen LogP contribution in [0.3, 0.4) is 0 Å². The van der Waals surface area contributed by atoms with Crippen molar-refractivity contribution >= 4 is 0 Å². The lowest BCUT2D eigenvalue weighted by Crippen LogP contribution is -1.93. The largest absolute Gasteiger partial charge is 0.0992 e. The van der Waals surface area contributed by atoms with Gasteiger partial charge in [0.15, 0.2) is 0 Å². The third kappa shape index (κ3) is 5.74. The van der Waals surface area contributed by atoms with Gasteiger partial charge in [0, 0.05) is 0 Å². The average molecular weight is 254 g/mol. The zero-order chi connectivity index (χ0) is 14.4. The van der Waals surface area contributed by atoms with Gasteiger partial charge >= 0.3 is 0 Å². The Bertz CT molecular complexity index is 487. The summed E-state index contributed by atoms with van der Waals surface area (Å²) in [6.07, 6.45) is 4.12. The van der Waals surface area contributed by atoms with Crippen LogP contribution < -0.4 is 0 Å². The predicted molar refractivity (Wildman–Crippen MR) is 86.4 cm³/mol. The maximum atomic E-state index is 4.20. The molecule has 0 saturated heterocycles. The van der Waals surface area contributed by atoms with Crippen molar-refractivity contribution in [1.82, 2.24) is 0 Å². The van der Waals surface area contributed by atoms with E-state index in [0.29, 0.717) is 5.92 Å². The molecular formula is C19H26. The standard InChI is InChI=1S/C19H26/c1-14(2)18(6)11-16(4)10-17(5)13-19-9-7-8-15(3)12-19/h7-9,11-12,14H,5-6,10,13H2,1-4H3/b16-11+. The topological polar surface area (TPSA) is 0 Å². The first-order chi connectivity index (χ1) is 8.88. The molecule has 1 rings (SSSR count). The lowest BCUT2D eigenvalue weighted by atomic mass is 9.96. The third-order valence-corrected chi connectivity index (χ3v) is 3.24. The molecule has 0 heteroatoms. The number of aryl methyl sites for hydroxylation is 1. The van der Waals surface area contributed by atoms with Gasteiger partial charge in [-0.05, 0) is 38.2 Å². The summed E-state index contributed by atoms with van der Waals surface area (Å²) in [6.45, 7) is 16.9. The van der Waals surface area contributed by atoms with Crippen LogP contribution in [0.25, 0.3) is 0 Å². The van der Waals surface area contributed by atoms with Gasteiger partial charge in [0.2, 0.25) is 0 Å². The van der Waals surface area contributed by atoms with Gasteiger partial charge in [-0.2, -0.15) is 0 Å². The molecule has 0 radical (unpaired) electrons. The summed E-state index contributed by atoms with van der Waals surface area (Å²) in [5, 5.41) is 0. The normalized spacial score (nSPS) is 11.7. The van der Waals surface area contributed by atoms with E-state index in [1.165, 1.54) is 27.8 Å². The Labute approximate surface area is 118 Å². The summed E-state index contributed by atoms with van der Waals surface area (Å²) >= 11 is 0. The molecule has 1 aromatic rings. The monoisotopic (exact) mass is 254 g/mol. The lowest BCUT2D eigenvalue weighted by Gasteiger charge is -2.09. The van der Waals surface area contributed by atoms with Gasteiger partial charge in [0.05, 0.1) is 0 Å². The Morgan fingerprint density at radius 3 is 2.53 bits per heavy atom. The Kier molecular flexibility index (Phi) is 5.82. The summed E-state index contributed by atoms with van der Waals surface area (Å²) < 4.78 is 0. The minimum absolute atomic E-state index is 0.514. The second-order valence-electron chi connectivity index (χ2n) is 5.81. The molecule has 0 aliphatic heterocycles. The highest BCUT2D eigenvalue weighted by Crippen LogP contribution is 2.18. The van der Waals surface area contributed by atoms with Crippen molar-refractivity contribution in [2.75, 3.05) is 0 Å². The van der Waals surface area contributed by atoms with E-state index in [1.54, 1.807) is 0 Å². The van der Waals surface area contributed by atoms with E-state index in [4.69, 9.17) is 0 Å². The first kappa shape index (κ1) is 15.5. The van der Waals surface area contributed by atoms with E-state index >= 15 is 0 Å². The molecular weight excluding hydrogens is 228 g/mol. The van der Waals surface area contributed by atoms with E-state index in [9.17, 15) is 0 Å². The molecule has 0 heterocycles. The van der Waals surface area contributed by atoms with Crippen LogP contribution in [0.4, 0.5) is 0 Å². The zero-order valence-electron chi connectivity index (χ0n) is 12.8. The molecule has 0 atom stereocenters. The summed E-state index contributed by atoms with van der Waals surface area (Å²) in [5.41, 5.74) is 6.46. The number of rotatable bonds is 6. The van der Waals surface area contributed by atoms with E-state index in [0.717, 1.165) is 12.8 Å². The summed E-state index contributed by atoms with van der Waals surface area (Å²) in [5.74, 6) is 0.514. The molecule has 19 heavy (non-hydrogen) atoms. The van der Waals surface area contributed by atoms with E-state index < -0.39 is 0 Å². The van der Waals surface area contributed by atoms with Gasteiger partial charge in [0.25, 0.3) is 0 Å². The minimum atomic E-state index is 0.514. The molecule has 0 spiro atoms. The molecule has 0 aliphatic rings. The molecule has 0 saturated carbocycles. The van der Waals surface area contributed by atoms with E-state index in [2.05, 4.69) is 71.2 Å². The molecule has 0 aliphatic carbocycles. The second kappa shape index (κ2) is 7.13. The number of benzene rings is 1. The number of hydrogen-bond donors (Lipinski definition) is 0. The Balaban J connectivity index is 2.58. The zero-order valence-corrected chi connectivity index (χ0v) is 12.8. The van der Waals surface area contributed by atoms with Crippen molar-refractivity contribution in [3.05, 3.63) is 71.3 Å². The summed E-state index contributed by atoms with van der Waals surface area (Å²) in [6, 6.07) is 8.65. The molecule has 102 valence electrons. The van der Waals surface area contributed by atoms with Gasteiger partial charge in [-0.15, -0.1) is 0 Å². The smallest absolute Gasteiger partial charge is 0.00665 e. The fourth-order valence-electron chi connectivity index (χ4n) is 2.10. The van der Waals surface area contributed by atoms with Gasteiger partial charge < -0.3 is 0 Å². The van der Waals surface area contributed by atoms with Crippen LogP contribution >= 0.6 is 0 Å². The van der Waals surface area contributed by atoms with Gasteiger partial charge in [-0.25, -0.2) is 0 Å². The van der Waals surface area contributed by atoms with Gasteiger partial charge in [0.1, 0.15) is 0 Å². The van der Waals surface area contributed by atoms with Crippen molar-refractivity contribution < 1.29 is 0 Å². The quantitative estimate of drug-likeness (QED) is 0.455. The Hall–Kier alpha value is -1.56. The van der Waals surface area contributed by atoms with Crippen molar-refractivity contribution in [3.63, 3.8) is 0 Å². The van der Waals surface area contributed by atoms with Crippen LogP contribution in [0.2, 0.25) is 0 Å². The minimum Gasteiger partial charge on any atom is -0.0992 e. The van der Waals surface area contributed by atoms with Crippen LogP contribution in [0.1, 0.15) is 38.3 Å². The van der Waals surface area contributed by atoms with Gasteiger partial charge in [-0.1, -0.05) is 79.6 Å². The number of hydrogen-bond acceptors (Lipinski definition) is 0. The molecule has 0 nitrogen and oxygen atoms in total. The molecule has 0 fully saturated rings. The first-order valence-electron chi connectivity index (χ1n) is 6.96. The molecule has 0 N–H and O–H groups in total. The van der Waals surface area contributed by atoms with Crippen LogP contribution in [-0.2, 0) is 6.42 Å². The van der Waals surface area contributed by atoms with Gasteiger partial charge in [-0.3, -0.25) is 0 Å². The van der Waals surface area contributed by atoms with E-state index in [-0.39, 0.29) is 0 Å². The maximum absolute atomic E-state index is 4.20. The predicted octanol–water partition coefficient (Wildman–Crippen LogP) is 5.64. The second-order valence-corrected chi connectivity index (χ2v) is 5.81. The maximum Gasteiger partial charge on any atom is -0.00665 e. The van der Waals surface area contributed by atoms with Crippen LogP contribution in [0, 0.1) is 12.8 Å². The third-order valence-electron chi connectivity index (χ3n) is 3.24. The van der Waals surface area contributed by atoms with Crippen molar-refractivity contribution in [3.8, 4) is 0 Å². The Morgan fingerprint density at radius 2 is 1.95 bits per heavy atom. The average Bonchev–Trinajstić information content (AvgIpc) is 2.27. The van der Waals surface area contributed by atoms with E-state index in [1.807, 2.05) is 0 Å². The fourth-order valence-corrected chi connectivity index (χ4v) is 2.10. The SMILES string of the molecule is C=C(C/C(C)=C/C(=C)C(C)C)Cc1cccc(C)c1. The van der Waals surface area contributed by atoms with Crippen LogP contribution in [-0.4, -0.2) is 0 Å². The molecule has 0 amide bonds. The first-order valence-corrected chi connectivity index (χ1v) is 6.96. The van der Waals surface area contributed by atoms with Crippen molar-refractivity contribution in [1.29, 1.82) is 0 Å². The lowest BCUT2D eigenvalue weighted by molar-refractivity contribution is 0.792. The fraction of sp³-hybridized carbons (Fsp3) is 0.368. The number of allylic oxidation sites excluding steroid dienone is 4. The highest BCUT2D eigenvalue weighted by atomic mass is 14.1. The highest BCUT2D eigenvalue weighted by Gasteiger charge is 2.02. The summed E-state index contributed by atoms with van der Waals surface area (Å²) in [4.78, 5) is 0. The van der Waals surface area contributed by atoms with Crippen molar-refractivity contribution in [2.45, 2.75) is 40.5 Å².